The molecule has 4 heterocycles. The summed E-state index contributed by atoms with van der Waals surface area (Å²) >= 11 is 7.78. The lowest BCUT2D eigenvalue weighted by Crippen LogP contribution is -2.42. The number of morpholine rings is 1. The van der Waals surface area contributed by atoms with Gasteiger partial charge in [-0.25, -0.2) is 9.97 Å². The smallest absolute Gasteiger partial charge is 0.225 e. The van der Waals surface area contributed by atoms with Crippen LogP contribution in [0, 0.1) is 5.92 Å². The Bertz CT molecular complexity index is 810. The van der Waals surface area contributed by atoms with E-state index in [0.29, 0.717) is 19.1 Å². The molecule has 0 aromatic carbocycles. The van der Waals surface area contributed by atoms with Gasteiger partial charge in [-0.05, 0) is 57.3 Å². The average Bonchev–Trinajstić information content (AvgIpc) is 3.09. The normalized spacial score (nSPS) is 20.2. The van der Waals surface area contributed by atoms with Gasteiger partial charge < -0.3 is 19.6 Å². The third kappa shape index (κ3) is 4.57. The first-order valence-electron chi connectivity index (χ1n) is 10.0. The van der Waals surface area contributed by atoms with Crippen LogP contribution in [0.5, 0.6) is 0 Å². The number of thiazole rings is 1. The molecule has 0 radical (unpaired) electrons. The van der Waals surface area contributed by atoms with Crippen molar-refractivity contribution in [2.75, 3.05) is 50.8 Å². The molecule has 9 heteroatoms. The number of piperidine rings is 1. The lowest BCUT2D eigenvalue weighted by atomic mass is 9.83. The van der Waals surface area contributed by atoms with E-state index in [1.807, 2.05) is 13.8 Å². The van der Waals surface area contributed by atoms with Crippen LogP contribution in [0.3, 0.4) is 0 Å². The number of likely N-dealkylation sites (tertiary alicyclic amines) is 1. The van der Waals surface area contributed by atoms with Crippen LogP contribution in [0.15, 0.2) is 0 Å². The van der Waals surface area contributed by atoms with Gasteiger partial charge in [-0.2, -0.15) is 4.98 Å². The number of hydrogen-bond donors (Lipinski definition) is 1. The average molecular weight is 426 g/mol. The van der Waals surface area contributed by atoms with Gasteiger partial charge in [-0.15, -0.1) is 0 Å². The molecule has 2 aliphatic rings. The number of hydrogen-bond acceptors (Lipinski definition) is 8. The number of anilines is 1. The summed E-state index contributed by atoms with van der Waals surface area (Å²) in [6, 6.07) is 0. The predicted octanol–water partition coefficient (Wildman–Crippen LogP) is 2.60. The molecule has 28 heavy (non-hydrogen) atoms. The number of nitrogens with zero attached hydrogens (tertiary/aromatic N) is 5. The largest absolute Gasteiger partial charge is 0.390 e. The molecule has 7 nitrogen and oxygen atoms in total. The van der Waals surface area contributed by atoms with Gasteiger partial charge >= 0.3 is 0 Å². The van der Waals surface area contributed by atoms with Gasteiger partial charge in [0.25, 0.3) is 0 Å². The highest BCUT2D eigenvalue weighted by Crippen LogP contribution is 2.31. The van der Waals surface area contributed by atoms with E-state index in [2.05, 4.69) is 19.8 Å². The van der Waals surface area contributed by atoms with Crippen molar-refractivity contribution in [3.05, 3.63) is 10.3 Å². The molecular weight excluding hydrogens is 398 g/mol. The molecule has 2 aliphatic heterocycles. The standard InChI is InChI=1S/C19H28ClN5O2S/c1-19(2,26)13-3-6-24(7-4-13)8-5-14-21-15-16(25-9-11-27-12-10-25)22-18(20)23-17(15)28-14/h13,26H,3-12H2,1-2H3. The number of fused-ring (bicyclic) bond motifs is 1. The summed E-state index contributed by atoms with van der Waals surface area (Å²) in [6.07, 6.45) is 2.99. The molecule has 0 unspecified atom stereocenters. The zero-order chi connectivity index (χ0) is 19.7. The van der Waals surface area contributed by atoms with Crippen LogP contribution in [0.25, 0.3) is 10.3 Å². The van der Waals surface area contributed by atoms with E-state index in [1.54, 1.807) is 11.3 Å². The zero-order valence-corrected chi connectivity index (χ0v) is 18.1. The Morgan fingerprint density at radius 2 is 1.86 bits per heavy atom. The van der Waals surface area contributed by atoms with E-state index in [0.717, 1.165) is 73.2 Å². The number of aliphatic hydroxyl groups is 1. The molecule has 0 bridgehead atoms. The van der Waals surface area contributed by atoms with Crippen LogP contribution in [0.1, 0.15) is 31.7 Å². The fourth-order valence-electron chi connectivity index (χ4n) is 4.05. The van der Waals surface area contributed by atoms with Gasteiger partial charge in [-0.3, -0.25) is 0 Å². The third-order valence-electron chi connectivity index (χ3n) is 5.80. The molecule has 2 fully saturated rings. The van der Waals surface area contributed by atoms with Crippen molar-refractivity contribution in [3.63, 3.8) is 0 Å². The van der Waals surface area contributed by atoms with Gasteiger partial charge in [0, 0.05) is 26.1 Å². The van der Waals surface area contributed by atoms with Crippen molar-refractivity contribution in [3.8, 4) is 0 Å². The maximum Gasteiger partial charge on any atom is 0.225 e. The summed E-state index contributed by atoms with van der Waals surface area (Å²) in [5.41, 5.74) is 0.277. The second-order valence-corrected chi connectivity index (χ2v) is 9.60. The maximum absolute atomic E-state index is 10.2. The second-order valence-electron chi connectivity index (χ2n) is 8.20. The van der Waals surface area contributed by atoms with E-state index in [9.17, 15) is 5.11 Å². The quantitative estimate of drug-likeness (QED) is 0.738. The van der Waals surface area contributed by atoms with Crippen molar-refractivity contribution < 1.29 is 9.84 Å². The highest BCUT2D eigenvalue weighted by Gasteiger charge is 2.30. The summed E-state index contributed by atoms with van der Waals surface area (Å²) in [5, 5.41) is 11.6. The van der Waals surface area contributed by atoms with E-state index < -0.39 is 5.60 Å². The zero-order valence-electron chi connectivity index (χ0n) is 16.5. The van der Waals surface area contributed by atoms with E-state index in [-0.39, 0.29) is 5.28 Å². The number of ether oxygens (including phenoxy) is 1. The number of halogens is 1. The first-order chi connectivity index (χ1) is 13.4. The van der Waals surface area contributed by atoms with Crippen molar-refractivity contribution in [1.29, 1.82) is 0 Å². The summed E-state index contributed by atoms with van der Waals surface area (Å²) in [4.78, 5) is 19.2. The molecule has 0 atom stereocenters. The van der Waals surface area contributed by atoms with Crippen LogP contribution < -0.4 is 4.90 Å². The van der Waals surface area contributed by atoms with E-state index in [1.165, 1.54) is 0 Å². The predicted molar refractivity (Wildman–Crippen MR) is 112 cm³/mol. The van der Waals surface area contributed by atoms with Crippen molar-refractivity contribution in [2.45, 2.75) is 38.7 Å². The summed E-state index contributed by atoms with van der Waals surface area (Å²) in [6.45, 7) is 9.87. The van der Waals surface area contributed by atoms with Gasteiger partial charge in [0.05, 0.1) is 23.8 Å². The monoisotopic (exact) mass is 425 g/mol. The van der Waals surface area contributed by atoms with Crippen LogP contribution in [-0.4, -0.2) is 76.5 Å². The Hall–Kier alpha value is -1.06. The molecule has 0 amide bonds. The van der Waals surface area contributed by atoms with Crippen molar-refractivity contribution >= 4 is 39.1 Å². The lowest BCUT2D eigenvalue weighted by Gasteiger charge is -2.37. The van der Waals surface area contributed by atoms with Crippen LogP contribution in [0.4, 0.5) is 5.82 Å². The Kier molecular flexibility index (Phi) is 6.04. The van der Waals surface area contributed by atoms with E-state index in [4.69, 9.17) is 21.3 Å². The first-order valence-corrected chi connectivity index (χ1v) is 11.2. The van der Waals surface area contributed by atoms with Gasteiger partial charge in [-0.1, -0.05) is 11.3 Å². The fourth-order valence-corrected chi connectivity index (χ4v) is 5.18. The Morgan fingerprint density at radius 1 is 1.14 bits per heavy atom. The number of aromatic nitrogens is 3. The summed E-state index contributed by atoms with van der Waals surface area (Å²) < 4.78 is 5.45. The Morgan fingerprint density at radius 3 is 2.54 bits per heavy atom. The van der Waals surface area contributed by atoms with Gasteiger partial charge in [0.1, 0.15) is 5.52 Å². The molecule has 2 aromatic heterocycles. The Balaban J connectivity index is 1.42. The molecule has 2 aromatic rings. The highest BCUT2D eigenvalue weighted by atomic mass is 35.5. The lowest BCUT2D eigenvalue weighted by molar-refractivity contribution is -0.0123. The minimum Gasteiger partial charge on any atom is -0.390 e. The van der Waals surface area contributed by atoms with Crippen LogP contribution in [0.2, 0.25) is 5.28 Å². The highest BCUT2D eigenvalue weighted by molar-refractivity contribution is 7.18. The van der Waals surface area contributed by atoms with Gasteiger partial charge in [0.15, 0.2) is 10.6 Å². The summed E-state index contributed by atoms with van der Waals surface area (Å²) in [7, 11) is 0. The minimum atomic E-state index is -0.576. The molecule has 0 spiro atoms. The van der Waals surface area contributed by atoms with Crippen LogP contribution in [-0.2, 0) is 11.2 Å². The van der Waals surface area contributed by atoms with Crippen molar-refractivity contribution in [1.82, 2.24) is 19.9 Å². The molecule has 1 N–H and O–H groups in total. The fraction of sp³-hybridized carbons (Fsp3) is 0.737. The first kappa shape index (κ1) is 20.2. The van der Waals surface area contributed by atoms with E-state index >= 15 is 0 Å². The third-order valence-corrected chi connectivity index (χ3v) is 6.97. The Labute approximate surface area is 174 Å². The molecule has 154 valence electrons. The topological polar surface area (TPSA) is 74.6 Å². The molecule has 0 saturated carbocycles. The second kappa shape index (κ2) is 8.36. The van der Waals surface area contributed by atoms with Gasteiger partial charge in [0.2, 0.25) is 5.28 Å². The maximum atomic E-state index is 10.2. The molecule has 0 aliphatic carbocycles. The molecule has 2 saturated heterocycles. The number of rotatable bonds is 5. The van der Waals surface area contributed by atoms with Crippen molar-refractivity contribution in [2.24, 2.45) is 5.92 Å². The SMILES string of the molecule is CC(C)(O)C1CCN(CCc2nc3c(N4CCOCC4)nc(Cl)nc3s2)CC1. The summed E-state index contributed by atoms with van der Waals surface area (Å²) in [5.74, 6) is 1.21. The van der Waals surface area contributed by atoms with Crippen LogP contribution >= 0.6 is 22.9 Å². The molecular formula is C19H28ClN5O2S. The molecule has 4 rings (SSSR count). The minimum absolute atomic E-state index is 0.276.